The lowest BCUT2D eigenvalue weighted by Crippen LogP contribution is -2.41. The van der Waals surface area contributed by atoms with Crippen LogP contribution in [0.4, 0.5) is 0 Å². The van der Waals surface area contributed by atoms with Gasteiger partial charge in [0.05, 0.1) is 0 Å². The molecule has 0 radical (unpaired) electrons. The van der Waals surface area contributed by atoms with Crippen LogP contribution in [-0.4, -0.2) is 35.5 Å². The number of amides is 2. The Balaban J connectivity index is 2.17. The molecular weight excluding hydrogens is 260 g/mol. The Kier molecular flexibility index (Phi) is 7.04. The van der Waals surface area contributed by atoms with Gasteiger partial charge in [0, 0.05) is 19.4 Å². The molecule has 3 N–H and O–H groups in total. The predicted molar refractivity (Wildman–Crippen MR) is 74.1 cm³/mol. The highest BCUT2D eigenvalue weighted by molar-refractivity contribution is 5.84. The first-order chi connectivity index (χ1) is 9.52. The lowest BCUT2D eigenvalue weighted by atomic mass is 10.1. The Hall–Kier alpha value is -1.59. The Labute approximate surface area is 119 Å². The molecule has 0 aromatic rings. The molecule has 0 aliphatic heterocycles. The maximum atomic E-state index is 11.6. The van der Waals surface area contributed by atoms with Gasteiger partial charge in [-0.1, -0.05) is 19.8 Å². The van der Waals surface area contributed by atoms with Gasteiger partial charge in [-0.3, -0.25) is 9.59 Å². The average Bonchev–Trinajstić information content (AvgIpc) is 3.19. The molecule has 1 aliphatic rings. The molecule has 1 saturated carbocycles. The molecule has 0 heterocycles. The van der Waals surface area contributed by atoms with Gasteiger partial charge in [-0.05, 0) is 25.2 Å². The van der Waals surface area contributed by atoms with Crippen LogP contribution in [0.25, 0.3) is 0 Å². The number of carbonyl (C=O) groups excluding carboxylic acids is 2. The molecule has 1 rings (SSSR count). The summed E-state index contributed by atoms with van der Waals surface area (Å²) in [4.78, 5) is 34.0. The summed E-state index contributed by atoms with van der Waals surface area (Å²) < 4.78 is 0. The molecule has 0 aromatic heterocycles. The van der Waals surface area contributed by atoms with Gasteiger partial charge in [-0.25, -0.2) is 4.79 Å². The lowest BCUT2D eigenvalue weighted by Gasteiger charge is -2.13. The summed E-state index contributed by atoms with van der Waals surface area (Å²) in [7, 11) is 0. The van der Waals surface area contributed by atoms with Crippen molar-refractivity contribution in [3.8, 4) is 0 Å². The SMILES string of the molecule is CCCNC(=O)CCCC(=O)NC(CC1CC1)C(=O)O. The Bertz CT molecular complexity index is 353. The molecule has 1 fully saturated rings. The molecule has 20 heavy (non-hydrogen) atoms. The highest BCUT2D eigenvalue weighted by Crippen LogP contribution is 2.33. The number of nitrogens with one attached hydrogen (secondary N) is 2. The maximum absolute atomic E-state index is 11.6. The van der Waals surface area contributed by atoms with Gasteiger partial charge in [0.1, 0.15) is 6.04 Å². The second kappa shape index (κ2) is 8.55. The monoisotopic (exact) mass is 284 g/mol. The van der Waals surface area contributed by atoms with E-state index in [1.807, 2.05) is 6.92 Å². The molecule has 1 unspecified atom stereocenters. The molecule has 0 saturated heterocycles. The van der Waals surface area contributed by atoms with Crippen molar-refractivity contribution in [2.75, 3.05) is 6.54 Å². The fourth-order valence-electron chi connectivity index (χ4n) is 1.94. The zero-order valence-electron chi connectivity index (χ0n) is 12.0. The van der Waals surface area contributed by atoms with Crippen molar-refractivity contribution in [3.63, 3.8) is 0 Å². The van der Waals surface area contributed by atoms with Crippen LogP contribution in [0.2, 0.25) is 0 Å². The molecule has 1 aliphatic carbocycles. The Morgan fingerprint density at radius 1 is 1.20 bits per heavy atom. The van der Waals surface area contributed by atoms with E-state index in [1.54, 1.807) is 0 Å². The lowest BCUT2D eigenvalue weighted by molar-refractivity contribution is -0.142. The van der Waals surface area contributed by atoms with Crippen molar-refractivity contribution in [2.45, 2.75) is 57.9 Å². The minimum atomic E-state index is -0.981. The zero-order chi connectivity index (χ0) is 15.0. The van der Waals surface area contributed by atoms with Crippen molar-refractivity contribution in [1.29, 1.82) is 0 Å². The van der Waals surface area contributed by atoms with Crippen molar-refractivity contribution in [1.82, 2.24) is 10.6 Å². The third kappa shape index (κ3) is 7.11. The molecule has 0 aromatic carbocycles. The van der Waals surface area contributed by atoms with E-state index in [0.29, 0.717) is 31.7 Å². The van der Waals surface area contributed by atoms with Crippen molar-refractivity contribution >= 4 is 17.8 Å². The van der Waals surface area contributed by atoms with Gasteiger partial charge >= 0.3 is 5.97 Å². The minimum absolute atomic E-state index is 0.0626. The van der Waals surface area contributed by atoms with Crippen molar-refractivity contribution in [2.24, 2.45) is 5.92 Å². The highest BCUT2D eigenvalue weighted by atomic mass is 16.4. The number of rotatable bonds is 10. The van der Waals surface area contributed by atoms with Crippen LogP contribution >= 0.6 is 0 Å². The van der Waals surface area contributed by atoms with Gasteiger partial charge in [0.15, 0.2) is 0 Å². The third-order valence-electron chi connectivity index (χ3n) is 3.28. The smallest absolute Gasteiger partial charge is 0.326 e. The van der Waals surface area contributed by atoms with Crippen LogP contribution in [-0.2, 0) is 14.4 Å². The van der Waals surface area contributed by atoms with E-state index >= 15 is 0 Å². The van der Waals surface area contributed by atoms with Crippen molar-refractivity contribution in [3.05, 3.63) is 0 Å². The fourth-order valence-corrected chi connectivity index (χ4v) is 1.94. The summed E-state index contributed by atoms with van der Waals surface area (Å²) >= 11 is 0. The highest BCUT2D eigenvalue weighted by Gasteiger charge is 2.29. The second-order valence-corrected chi connectivity index (χ2v) is 5.34. The largest absolute Gasteiger partial charge is 0.480 e. The summed E-state index contributed by atoms with van der Waals surface area (Å²) in [5, 5.41) is 14.3. The van der Waals surface area contributed by atoms with Gasteiger partial charge in [0.25, 0.3) is 0 Å². The summed E-state index contributed by atoms with van der Waals surface area (Å²) in [6.07, 6.45) is 4.43. The number of hydrogen-bond donors (Lipinski definition) is 3. The number of aliphatic carboxylic acids is 1. The standard InChI is InChI=1S/C14H24N2O4/c1-2-8-15-12(17)4-3-5-13(18)16-11(14(19)20)9-10-6-7-10/h10-11H,2-9H2,1H3,(H,15,17)(H,16,18)(H,19,20). The molecule has 6 nitrogen and oxygen atoms in total. The molecule has 0 spiro atoms. The Morgan fingerprint density at radius 3 is 2.40 bits per heavy atom. The van der Waals surface area contributed by atoms with Gasteiger partial charge in [0.2, 0.25) is 11.8 Å². The minimum Gasteiger partial charge on any atom is -0.480 e. The fraction of sp³-hybridized carbons (Fsp3) is 0.786. The van der Waals surface area contributed by atoms with E-state index in [-0.39, 0.29) is 18.2 Å². The van der Waals surface area contributed by atoms with Crippen LogP contribution in [0, 0.1) is 5.92 Å². The van der Waals surface area contributed by atoms with Gasteiger partial charge < -0.3 is 15.7 Å². The van der Waals surface area contributed by atoms with E-state index in [9.17, 15) is 14.4 Å². The van der Waals surface area contributed by atoms with E-state index in [2.05, 4.69) is 10.6 Å². The number of carboxylic acids is 1. The number of carboxylic acid groups (broad SMARTS) is 1. The summed E-state index contributed by atoms with van der Waals surface area (Å²) in [6, 6.07) is -0.788. The summed E-state index contributed by atoms with van der Waals surface area (Å²) in [6.45, 7) is 2.62. The summed E-state index contributed by atoms with van der Waals surface area (Å²) in [5.41, 5.74) is 0. The van der Waals surface area contributed by atoms with Crippen LogP contribution in [0.15, 0.2) is 0 Å². The maximum Gasteiger partial charge on any atom is 0.326 e. The average molecular weight is 284 g/mol. The van der Waals surface area contributed by atoms with E-state index in [0.717, 1.165) is 19.3 Å². The third-order valence-corrected chi connectivity index (χ3v) is 3.28. The first-order valence-corrected chi connectivity index (χ1v) is 7.31. The molecule has 0 bridgehead atoms. The summed E-state index contributed by atoms with van der Waals surface area (Å²) in [5.74, 6) is -0.893. The molecule has 6 heteroatoms. The van der Waals surface area contributed by atoms with Crippen LogP contribution in [0.5, 0.6) is 0 Å². The molecular formula is C14H24N2O4. The Morgan fingerprint density at radius 2 is 1.85 bits per heavy atom. The van der Waals surface area contributed by atoms with E-state index in [4.69, 9.17) is 5.11 Å². The van der Waals surface area contributed by atoms with Gasteiger partial charge in [-0.15, -0.1) is 0 Å². The molecule has 1 atom stereocenters. The van der Waals surface area contributed by atoms with Crippen LogP contribution < -0.4 is 10.6 Å². The van der Waals surface area contributed by atoms with Crippen molar-refractivity contribution < 1.29 is 19.5 Å². The van der Waals surface area contributed by atoms with E-state index in [1.165, 1.54) is 0 Å². The van der Waals surface area contributed by atoms with E-state index < -0.39 is 12.0 Å². The molecule has 114 valence electrons. The number of hydrogen-bond acceptors (Lipinski definition) is 3. The first kappa shape index (κ1) is 16.5. The van der Waals surface area contributed by atoms with Crippen LogP contribution in [0.3, 0.4) is 0 Å². The first-order valence-electron chi connectivity index (χ1n) is 7.31. The quantitative estimate of drug-likeness (QED) is 0.559. The predicted octanol–water partition coefficient (Wildman–Crippen LogP) is 1.05. The second-order valence-electron chi connectivity index (χ2n) is 5.34. The topological polar surface area (TPSA) is 95.5 Å². The zero-order valence-corrected chi connectivity index (χ0v) is 12.0. The van der Waals surface area contributed by atoms with Gasteiger partial charge in [-0.2, -0.15) is 0 Å². The molecule has 2 amide bonds. The normalized spacial score (nSPS) is 15.4. The number of carbonyl (C=O) groups is 3. The van der Waals surface area contributed by atoms with Crippen LogP contribution in [0.1, 0.15) is 51.9 Å².